The van der Waals surface area contributed by atoms with Gasteiger partial charge < -0.3 is 10.6 Å². The number of nitrogens with zero attached hydrogens (tertiary/aromatic N) is 1. The van der Waals surface area contributed by atoms with E-state index in [-0.39, 0.29) is 11.9 Å². The molecule has 5 heteroatoms. The second-order valence-corrected chi connectivity index (χ2v) is 4.90. The van der Waals surface area contributed by atoms with Crippen molar-refractivity contribution in [1.29, 1.82) is 0 Å². The predicted molar refractivity (Wildman–Crippen MR) is 66.5 cm³/mol. The fourth-order valence-corrected chi connectivity index (χ4v) is 1.83. The third-order valence-corrected chi connectivity index (χ3v) is 3.10. The summed E-state index contributed by atoms with van der Waals surface area (Å²) in [7, 11) is 0. The van der Waals surface area contributed by atoms with Crippen molar-refractivity contribution >= 4 is 17.2 Å². The molecule has 16 heavy (non-hydrogen) atoms. The number of rotatable bonds is 6. The average Bonchev–Trinajstić information content (AvgIpc) is 2.64. The van der Waals surface area contributed by atoms with Crippen molar-refractivity contribution in [1.82, 2.24) is 15.6 Å². The zero-order valence-electron chi connectivity index (χ0n) is 10.0. The molecular formula is C11H19N3OS. The third kappa shape index (κ3) is 4.72. The van der Waals surface area contributed by atoms with Crippen molar-refractivity contribution in [2.24, 2.45) is 0 Å². The minimum absolute atomic E-state index is 0.0429. The van der Waals surface area contributed by atoms with Gasteiger partial charge >= 0.3 is 0 Å². The molecule has 1 atom stereocenters. The molecule has 0 aromatic carbocycles. The fourth-order valence-electron chi connectivity index (χ4n) is 1.22. The number of hydrogen-bond donors (Lipinski definition) is 2. The first-order valence-electron chi connectivity index (χ1n) is 5.53. The van der Waals surface area contributed by atoms with E-state index in [9.17, 15) is 4.79 Å². The lowest BCUT2D eigenvalue weighted by molar-refractivity contribution is -0.120. The fraction of sp³-hybridized carbons (Fsp3) is 0.636. The Morgan fingerprint density at radius 3 is 2.94 bits per heavy atom. The van der Waals surface area contributed by atoms with Crippen LogP contribution in [0.3, 0.4) is 0 Å². The van der Waals surface area contributed by atoms with E-state index in [0.717, 1.165) is 17.1 Å². The second-order valence-electron chi connectivity index (χ2n) is 3.84. The summed E-state index contributed by atoms with van der Waals surface area (Å²) < 4.78 is 0. The van der Waals surface area contributed by atoms with Gasteiger partial charge in [-0.05, 0) is 20.3 Å². The molecule has 4 nitrogen and oxygen atoms in total. The van der Waals surface area contributed by atoms with Crippen LogP contribution >= 0.6 is 11.3 Å². The first kappa shape index (κ1) is 13.1. The summed E-state index contributed by atoms with van der Waals surface area (Å²) in [6, 6.07) is 0.246. The molecule has 0 saturated heterocycles. The Labute approximate surface area is 100 Å². The van der Waals surface area contributed by atoms with Crippen LogP contribution in [0.1, 0.15) is 31.0 Å². The lowest BCUT2D eigenvalue weighted by Gasteiger charge is -2.11. The van der Waals surface area contributed by atoms with Gasteiger partial charge in [0, 0.05) is 18.0 Å². The first-order valence-corrected chi connectivity index (χ1v) is 6.41. The smallest absolute Gasteiger partial charge is 0.234 e. The lowest BCUT2D eigenvalue weighted by atomic mass is 10.2. The number of thiazole rings is 1. The summed E-state index contributed by atoms with van der Waals surface area (Å²) in [5, 5.41) is 9.04. The highest BCUT2D eigenvalue weighted by atomic mass is 32.1. The Hall–Kier alpha value is -0.940. The molecule has 90 valence electrons. The summed E-state index contributed by atoms with van der Waals surface area (Å²) in [6.45, 7) is 7.03. The van der Waals surface area contributed by atoms with Crippen molar-refractivity contribution < 1.29 is 4.79 Å². The SMILES string of the molecule is CCC(C)NC(=O)CNCc1csc(C)n1. The number of carbonyl (C=O) groups is 1. The maximum Gasteiger partial charge on any atom is 0.234 e. The number of amides is 1. The van der Waals surface area contributed by atoms with E-state index in [1.165, 1.54) is 0 Å². The van der Waals surface area contributed by atoms with Gasteiger partial charge in [0.1, 0.15) is 0 Å². The van der Waals surface area contributed by atoms with Crippen molar-refractivity contribution in [2.45, 2.75) is 39.8 Å². The number of nitrogens with one attached hydrogen (secondary N) is 2. The number of hydrogen-bond acceptors (Lipinski definition) is 4. The van der Waals surface area contributed by atoms with Crippen LogP contribution in [-0.2, 0) is 11.3 Å². The van der Waals surface area contributed by atoms with Gasteiger partial charge in [0.25, 0.3) is 0 Å². The highest BCUT2D eigenvalue weighted by Crippen LogP contribution is 2.06. The van der Waals surface area contributed by atoms with Crippen molar-refractivity contribution in [3.8, 4) is 0 Å². The number of aromatic nitrogens is 1. The molecule has 0 radical (unpaired) electrons. The van der Waals surface area contributed by atoms with E-state index in [1.807, 2.05) is 19.2 Å². The maximum atomic E-state index is 11.4. The van der Waals surface area contributed by atoms with Crippen LogP contribution in [0, 0.1) is 6.92 Å². The quantitative estimate of drug-likeness (QED) is 0.792. The van der Waals surface area contributed by atoms with Crippen LogP contribution in [0.2, 0.25) is 0 Å². The monoisotopic (exact) mass is 241 g/mol. The largest absolute Gasteiger partial charge is 0.353 e. The van der Waals surface area contributed by atoms with E-state index in [4.69, 9.17) is 0 Å². The van der Waals surface area contributed by atoms with Crippen LogP contribution in [-0.4, -0.2) is 23.5 Å². The summed E-state index contributed by atoms with van der Waals surface area (Å²) >= 11 is 1.63. The molecule has 0 spiro atoms. The van der Waals surface area contributed by atoms with Crippen LogP contribution in [0.25, 0.3) is 0 Å². The molecule has 1 amide bonds. The van der Waals surface area contributed by atoms with Crippen molar-refractivity contribution in [3.63, 3.8) is 0 Å². The van der Waals surface area contributed by atoms with Crippen LogP contribution in [0.5, 0.6) is 0 Å². The highest BCUT2D eigenvalue weighted by molar-refractivity contribution is 7.09. The number of carbonyl (C=O) groups excluding carboxylic acids is 1. The zero-order valence-corrected chi connectivity index (χ0v) is 10.9. The third-order valence-electron chi connectivity index (χ3n) is 2.28. The summed E-state index contributed by atoms with van der Waals surface area (Å²) in [4.78, 5) is 15.7. The van der Waals surface area contributed by atoms with Gasteiger partial charge in [-0.25, -0.2) is 4.98 Å². The molecule has 0 aliphatic rings. The molecule has 0 saturated carbocycles. The summed E-state index contributed by atoms with van der Waals surface area (Å²) in [5.74, 6) is 0.0429. The Kier molecular flexibility index (Phi) is 5.42. The standard InChI is InChI=1S/C11H19N3OS/c1-4-8(2)13-11(15)6-12-5-10-7-16-9(3)14-10/h7-8,12H,4-6H2,1-3H3,(H,13,15). The molecule has 2 N–H and O–H groups in total. The molecule has 1 heterocycles. The van der Waals surface area contributed by atoms with Crippen molar-refractivity contribution in [2.75, 3.05) is 6.54 Å². The Balaban J connectivity index is 2.18. The van der Waals surface area contributed by atoms with Gasteiger partial charge in [0.05, 0.1) is 17.2 Å². The molecule has 1 unspecified atom stereocenters. The van der Waals surface area contributed by atoms with Gasteiger partial charge in [-0.15, -0.1) is 11.3 Å². The Morgan fingerprint density at radius 2 is 2.38 bits per heavy atom. The first-order chi connectivity index (χ1) is 7.61. The second kappa shape index (κ2) is 6.60. The minimum atomic E-state index is 0.0429. The summed E-state index contributed by atoms with van der Waals surface area (Å²) in [5.41, 5.74) is 0.999. The van der Waals surface area contributed by atoms with E-state index in [2.05, 4.69) is 22.5 Å². The van der Waals surface area contributed by atoms with E-state index in [1.54, 1.807) is 11.3 Å². The zero-order chi connectivity index (χ0) is 12.0. The maximum absolute atomic E-state index is 11.4. The normalized spacial score (nSPS) is 12.4. The molecule has 1 aromatic heterocycles. The Morgan fingerprint density at radius 1 is 1.62 bits per heavy atom. The molecular weight excluding hydrogens is 222 g/mol. The van der Waals surface area contributed by atoms with Crippen LogP contribution in [0.15, 0.2) is 5.38 Å². The molecule has 1 rings (SSSR count). The van der Waals surface area contributed by atoms with Crippen molar-refractivity contribution in [3.05, 3.63) is 16.1 Å². The molecule has 0 fully saturated rings. The number of aryl methyl sites for hydroxylation is 1. The van der Waals surface area contributed by atoms with Crippen LogP contribution < -0.4 is 10.6 Å². The van der Waals surface area contributed by atoms with Gasteiger partial charge in [-0.3, -0.25) is 4.79 Å². The molecule has 0 bridgehead atoms. The lowest BCUT2D eigenvalue weighted by Crippen LogP contribution is -2.38. The van der Waals surface area contributed by atoms with Gasteiger partial charge in [-0.2, -0.15) is 0 Å². The average molecular weight is 241 g/mol. The van der Waals surface area contributed by atoms with E-state index >= 15 is 0 Å². The van der Waals surface area contributed by atoms with Gasteiger partial charge in [0.2, 0.25) is 5.91 Å². The molecule has 0 aliphatic heterocycles. The van der Waals surface area contributed by atoms with E-state index in [0.29, 0.717) is 13.1 Å². The molecule has 1 aromatic rings. The van der Waals surface area contributed by atoms with E-state index < -0.39 is 0 Å². The van der Waals surface area contributed by atoms with Gasteiger partial charge in [-0.1, -0.05) is 6.92 Å². The van der Waals surface area contributed by atoms with Gasteiger partial charge in [0.15, 0.2) is 0 Å². The molecule has 0 aliphatic carbocycles. The van der Waals surface area contributed by atoms with Crippen LogP contribution in [0.4, 0.5) is 0 Å². The predicted octanol–water partition coefficient (Wildman–Crippen LogP) is 1.46. The highest BCUT2D eigenvalue weighted by Gasteiger charge is 2.05. The topological polar surface area (TPSA) is 54.0 Å². The minimum Gasteiger partial charge on any atom is -0.353 e. The summed E-state index contributed by atoms with van der Waals surface area (Å²) in [6.07, 6.45) is 0.955. The Bertz CT molecular complexity index is 338.